The summed E-state index contributed by atoms with van der Waals surface area (Å²) in [5.74, 6) is 1.09. The lowest BCUT2D eigenvalue weighted by molar-refractivity contribution is -0.142. The second-order valence-corrected chi connectivity index (χ2v) is 9.72. The van der Waals surface area contributed by atoms with Crippen molar-refractivity contribution in [3.63, 3.8) is 0 Å². The highest BCUT2D eigenvalue weighted by molar-refractivity contribution is 5.89. The zero-order valence-corrected chi connectivity index (χ0v) is 22.8. The molecule has 1 N–H and O–H groups in total. The Morgan fingerprint density at radius 3 is 2.51 bits per heavy atom. The molecule has 204 valence electrons. The predicted octanol–water partition coefficient (Wildman–Crippen LogP) is 4.38. The summed E-state index contributed by atoms with van der Waals surface area (Å²) in [5, 5.41) is 11.4. The van der Waals surface area contributed by atoms with Crippen LogP contribution in [-0.4, -0.2) is 52.5 Å². The molecule has 0 saturated heterocycles. The molecule has 0 fully saturated rings. The number of carbonyl (C=O) groups excluding carboxylic acids is 2. The first kappa shape index (κ1) is 27.6. The van der Waals surface area contributed by atoms with Crippen LogP contribution in [0.15, 0.2) is 72.8 Å². The molecule has 9 nitrogen and oxygen atoms in total. The zero-order chi connectivity index (χ0) is 27.8. The van der Waals surface area contributed by atoms with Crippen molar-refractivity contribution < 1.29 is 19.1 Å². The smallest absolute Gasteiger partial charge is 0.247 e. The normalized spacial score (nSPS) is 11.8. The highest BCUT2D eigenvalue weighted by Gasteiger charge is 2.33. The molecule has 9 heteroatoms. The summed E-state index contributed by atoms with van der Waals surface area (Å²) >= 11 is 0. The van der Waals surface area contributed by atoms with Crippen LogP contribution < -0.4 is 14.8 Å². The van der Waals surface area contributed by atoms with Gasteiger partial charge in [0.25, 0.3) is 0 Å². The molecule has 0 saturated carbocycles. The van der Waals surface area contributed by atoms with E-state index in [4.69, 9.17) is 9.47 Å². The molecule has 4 aromatic rings. The summed E-state index contributed by atoms with van der Waals surface area (Å²) in [7, 11) is 3.16. The third-order valence-electron chi connectivity index (χ3n) is 6.55. The fraction of sp³-hybridized carbons (Fsp3) is 0.333. The number of carbonyl (C=O) groups is 2. The maximum absolute atomic E-state index is 14.1. The molecule has 1 heterocycles. The maximum atomic E-state index is 14.1. The minimum atomic E-state index is -0.917. The molecule has 4 rings (SSSR count). The molecular weight excluding hydrogens is 494 g/mol. The van der Waals surface area contributed by atoms with Gasteiger partial charge in [0, 0.05) is 12.1 Å². The number of nitrogens with zero attached hydrogens (tertiary/aromatic N) is 4. The van der Waals surface area contributed by atoms with Gasteiger partial charge in [0.2, 0.25) is 11.8 Å². The van der Waals surface area contributed by atoms with Crippen LogP contribution in [0.3, 0.4) is 0 Å². The second kappa shape index (κ2) is 12.9. The molecule has 39 heavy (non-hydrogen) atoms. The largest absolute Gasteiger partial charge is 0.497 e. The number of amides is 2. The molecular formula is C30H35N5O4. The van der Waals surface area contributed by atoms with Gasteiger partial charge in [-0.25, -0.2) is 4.68 Å². The van der Waals surface area contributed by atoms with Crippen LogP contribution in [0.1, 0.15) is 37.4 Å². The number of methoxy groups -OCH3 is 2. The molecule has 0 aliphatic heterocycles. The third kappa shape index (κ3) is 6.73. The van der Waals surface area contributed by atoms with Crippen LogP contribution in [0.4, 0.5) is 0 Å². The van der Waals surface area contributed by atoms with E-state index in [2.05, 4.69) is 29.5 Å². The second-order valence-electron chi connectivity index (χ2n) is 9.72. The number of aromatic nitrogens is 3. The Kier molecular flexibility index (Phi) is 9.14. The Balaban J connectivity index is 1.76. The number of fused-ring (bicyclic) bond motifs is 1. The van der Waals surface area contributed by atoms with E-state index in [1.54, 1.807) is 29.9 Å². The van der Waals surface area contributed by atoms with Gasteiger partial charge in [-0.05, 0) is 48.2 Å². The van der Waals surface area contributed by atoms with Crippen molar-refractivity contribution in [2.75, 3.05) is 20.8 Å². The number of ether oxygens (including phenoxy) is 2. The van der Waals surface area contributed by atoms with Gasteiger partial charge in [-0.2, -0.15) is 0 Å². The molecule has 0 bridgehead atoms. The van der Waals surface area contributed by atoms with Crippen molar-refractivity contribution in [2.24, 2.45) is 5.92 Å². The molecule has 0 aliphatic rings. The average molecular weight is 530 g/mol. The van der Waals surface area contributed by atoms with Crippen LogP contribution in [0.5, 0.6) is 11.5 Å². The minimum Gasteiger partial charge on any atom is -0.497 e. The standard InChI is InChI=1S/C30H35N5O4/c1-21(2)16-17-31-30(37)29(22-11-9-12-24(18-22)38-3)34(19-23-10-5-8-15-27(23)39-4)28(36)20-35-26-14-7-6-13-25(26)32-33-35/h5-15,18,21,29H,16-17,19-20H2,1-4H3,(H,31,37)/t29-/m1/s1. The Labute approximate surface area is 228 Å². The maximum Gasteiger partial charge on any atom is 0.247 e. The number of hydrogen-bond acceptors (Lipinski definition) is 6. The molecule has 0 unspecified atom stereocenters. The van der Waals surface area contributed by atoms with Crippen molar-refractivity contribution in [2.45, 2.75) is 39.4 Å². The number of nitrogens with one attached hydrogen (secondary N) is 1. The highest BCUT2D eigenvalue weighted by Crippen LogP contribution is 2.29. The van der Waals surface area contributed by atoms with Gasteiger partial charge in [-0.1, -0.05) is 61.5 Å². The van der Waals surface area contributed by atoms with Crippen molar-refractivity contribution in [3.8, 4) is 11.5 Å². The SMILES string of the molecule is COc1cccc([C@H](C(=O)NCCC(C)C)N(Cc2ccccc2OC)C(=O)Cn2nnc3ccccc32)c1. The fourth-order valence-electron chi connectivity index (χ4n) is 4.46. The molecule has 3 aromatic carbocycles. The summed E-state index contributed by atoms with van der Waals surface area (Å²) in [6.07, 6.45) is 0.821. The summed E-state index contributed by atoms with van der Waals surface area (Å²) < 4.78 is 12.6. The van der Waals surface area contributed by atoms with E-state index < -0.39 is 6.04 Å². The number of rotatable bonds is 12. The van der Waals surface area contributed by atoms with Crippen molar-refractivity contribution in [3.05, 3.63) is 83.9 Å². The first-order valence-corrected chi connectivity index (χ1v) is 13.0. The Morgan fingerprint density at radius 2 is 1.74 bits per heavy atom. The quantitative estimate of drug-likeness (QED) is 0.292. The van der Waals surface area contributed by atoms with Crippen molar-refractivity contribution >= 4 is 22.8 Å². The molecule has 2 amide bonds. The van der Waals surface area contributed by atoms with Crippen LogP contribution in [-0.2, 0) is 22.7 Å². The van der Waals surface area contributed by atoms with Gasteiger partial charge < -0.3 is 19.7 Å². The van der Waals surface area contributed by atoms with E-state index in [0.29, 0.717) is 35.0 Å². The van der Waals surface area contributed by atoms with Gasteiger partial charge >= 0.3 is 0 Å². The number of benzene rings is 3. The molecule has 1 atom stereocenters. The van der Waals surface area contributed by atoms with Gasteiger partial charge in [0.1, 0.15) is 29.6 Å². The van der Waals surface area contributed by atoms with Gasteiger partial charge in [-0.3, -0.25) is 9.59 Å². The summed E-state index contributed by atoms with van der Waals surface area (Å²) in [4.78, 5) is 29.5. The summed E-state index contributed by atoms with van der Waals surface area (Å²) in [5.41, 5.74) is 2.85. The van der Waals surface area contributed by atoms with E-state index in [1.807, 2.05) is 66.7 Å². The van der Waals surface area contributed by atoms with Crippen LogP contribution in [0.25, 0.3) is 11.0 Å². The predicted molar refractivity (Wildman–Crippen MR) is 149 cm³/mol. The first-order valence-electron chi connectivity index (χ1n) is 13.0. The summed E-state index contributed by atoms with van der Waals surface area (Å²) in [6, 6.07) is 21.3. The van der Waals surface area contributed by atoms with Gasteiger partial charge in [-0.15, -0.1) is 5.10 Å². The lowest BCUT2D eigenvalue weighted by Crippen LogP contribution is -2.45. The van der Waals surface area contributed by atoms with Crippen LogP contribution >= 0.6 is 0 Å². The van der Waals surface area contributed by atoms with Gasteiger partial charge in [0.05, 0.1) is 26.3 Å². The number of hydrogen-bond donors (Lipinski definition) is 1. The first-order chi connectivity index (χ1) is 18.9. The Hall–Kier alpha value is -4.40. The van der Waals surface area contributed by atoms with Crippen molar-refractivity contribution in [1.82, 2.24) is 25.2 Å². The lowest BCUT2D eigenvalue weighted by atomic mass is 10.0. The molecule has 1 aromatic heterocycles. The average Bonchev–Trinajstić information content (AvgIpc) is 3.35. The minimum absolute atomic E-state index is 0.0879. The number of para-hydroxylation sites is 2. The highest BCUT2D eigenvalue weighted by atomic mass is 16.5. The lowest BCUT2D eigenvalue weighted by Gasteiger charge is -2.32. The zero-order valence-electron chi connectivity index (χ0n) is 22.8. The van der Waals surface area contributed by atoms with E-state index >= 15 is 0 Å². The Morgan fingerprint density at radius 1 is 0.974 bits per heavy atom. The van der Waals surface area contributed by atoms with E-state index in [9.17, 15) is 9.59 Å². The van der Waals surface area contributed by atoms with E-state index in [-0.39, 0.29) is 24.9 Å². The third-order valence-corrected chi connectivity index (χ3v) is 6.55. The van der Waals surface area contributed by atoms with Gasteiger partial charge in [0.15, 0.2) is 0 Å². The molecule has 0 spiro atoms. The monoisotopic (exact) mass is 529 g/mol. The topological polar surface area (TPSA) is 98.6 Å². The summed E-state index contributed by atoms with van der Waals surface area (Å²) in [6.45, 7) is 4.77. The molecule has 0 radical (unpaired) electrons. The van der Waals surface area contributed by atoms with Crippen LogP contribution in [0, 0.1) is 5.92 Å². The van der Waals surface area contributed by atoms with E-state index in [0.717, 1.165) is 17.5 Å². The van der Waals surface area contributed by atoms with Crippen molar-refractivity contribution in [1.29, 1.82) is 0 Å². The van der Waals surface area contributed by atoms with E-state index in [1.165, 1.54) is 0 Å². The molecule has 0 aliphatic carbocycles. The van der Waals surface area contributed by atoms with Crippen LogP contribution in [0.2, 0.25) is 0 Å². The Bertz CT molecular complexity index is 1420. The fourth-order valence-corrected chi connectivity index (χ4v) is 4.46.